The molecule has 1 atom stereocenters. The van der Waals surface area contributed by atoms with Crippen LogP contribution < -0.4 is 10.1 Å². The van der Waals surface area contributed by atoms with Crippen molar-refractivity contribution in [2.24, 2.45) is 0 Å². The quantitative estimate of drug-likeness (QED) is 0.843. The van der Waals surface area contributed by atoms with Crippen LogP contribution in [0.4, 0.5) is 5.13 Å². The number of thiazole rings is 1. The molecular formula is C11H10N2O4S2. The maximum absolute atomic E-state index is 12.0. The molecule has 2 aromatic rings. The lowest BCUT2D eigenvalue weighted by atomic mass is 10.2. The van der Waals surface area contributed by atoms with Gasteiger partial charge in [-0.25, -0.2) is 9.19 Å². The molecule has 0 bridgehead atoms. The van der Waals surface area contributed by atoms with Gasteiger partial charge in [-0.1, -0.05) is 23.5 Å². The summed E-state index contributed by atoms with van der Waals surface area (Å²) in [5.74, 6) is 0.0598. The Morgan fingerprint density at radius 3 is 2.84 bits per heavy atom. The molecule has 100 valence electrons. The molecule has 0 radical (unpaired) electrons. The van der Waals surface area contributed by atoms with Gasteiger partial charge in [0.2, 0.25) is 0 Å². The standard InChI is InChI=1S/C11H10N2O4S2/c1-17-8-5-3-2-4-7(8)10(14)13-11-12-6-9(18-11)19(15)16/h2-6H,1H3,(H,15,16)(H,12,13,14). The molecule has 0 saturated heterocycles. The van der Waals surface area contributed by atoms with E-state index in [9.17, 15) is 9.00 Å². The average molecular weight is 298 g/mol. The number of carbonyl (C=O) groups is 1. The predicted octanol–water partition coefficient (Wildman–Crippen LogP) is 1.98. The van der Waals surface area contributed by atoms with E-state index in [0.717, 1.165) is 11.3 Å². The van der Waals surface area contributed by atoms with Crippen molar-refractivity contribution in [2.75, 3.05) is 12.4 Å². The molecule has 1 amide bonds. The van der Waals surface area contributed by atoms with Gasteiger partial charge in [0.25, 0.3) is 5.91 Å². The minimum atomic E-state index is -2.09. The van der Waals surface area contributed by atoms with E-state index < -0.39 is 11.1 Å². The molecule has 0 spiro atoms. The Labute approximate surface area is 115 Å². The summed E-state index contributed by atoms with van der Waals surface area (Å²) < 4.78 is 25.0. The Kier molecular flexibility index (Phi) is 4.25. The van der Waals surface area contributed by atoms with Gasteiger partial charge in [0.05, 0.1) is 18.9 Å². The fourth-order valence-electron chi connectivity index (χ4n) is 1.39. The Balaban J connectivity index is 2.18. The Morgan fingerprint density at radius 1 is 1.47 bits per heavy atom. The molecule has 2 N–H and O–H groups in total. The van der Waals surface area contributed by atoms with Crippen molar-refractivity contribution < 1.29 is 18.3 Å². The summed E-state index contributed by atoms with van der Waals surface area (Å²) in [4.78, 5) is 15.9. The zero-order chi connectivity index (χ0) is 13.8. The van der Waals surface area contributed by atoms with Crippen molar-refractivity contribution in [3.8, 4) is 5.75 Å². The number of ether oxygens (including phenoxy) is 1. The second-order valence-corrected chi connectivity index (χ2v) is 5.62. The Bertz CT molecular complexity index is 627. The number of carbonyl (C=O) groups excluding carboxylic acids is 1. The normalized spacial score (nSPS) is 11.9. The monoisotopic (exact) mass is 298 g/mol. The van der Waals surface area contributed by atoms with Crippen LogP contribution in [0.5, 0.6) is 5.75 Å². The lowest BCUT2D eigenvalue weighted by molar-refractivity contribution is 0.102. The van der Waals surface area contributed by atoms with E-state index in [4.69, 9.17) is 9.29 Å². The van der Waals surface area contributed by atoms with Gasteiger partial charge in [0.15, 0.2) is 16.2 Å². The first kappa shape index (κ1) is 13.7. The maximum atomic E-state index is 12.0. The van der Waals surface area contributed by atoms with Crippen molar-refractivity contribution in [3.05, 3.63) is 36.0 Å². The third kappa shape index (κ3) is 3.16. The van der Waals surface area contributed by atoms with E-state index >= 15 is 0 Å². The third-order valence-corrected chi connectivity index (χ3v) is 4.06. The van der Waals surface area contributed by atoms with E-state index in [2.05, 4.69) is 10.3 Å². The number of nitrogens with zero attached hydrogens (tertiary/aromatic N) is 1. The van der Waals surface area contributed by atoms with Gasteiger partial charge in [0, 0.05) is 0 Å². The number of benzene rings is 1. The second kappa shape index (κ2) is 5.91. The van der Waals surface area contributed by atoms with E-state index in [0.29, 0.717) is 11.3 Å². The van der Waals surface area contributed by atoms with Crippen LogP contribution in [-0.2, 0) is 11.1 Å². The smallest absolute Gasteiger partial charge is 0.261 e. The van der Waals surface area contributed by atoms with Gasteiger partial charge in [-0.15, -0.1) is 0 Å². The average Bonchev–Trinajstić information content (AvgIpc) is 2.87. The fraction of sp³-hybridized carbons (Fsp3) is 0.0909. The summed E-state index contributed by atoms with van der Waals surface area (Å²) in [7, 11) is 1.47. The highest BCUT2D eigenvalue weighted by Crippen LogP contribution is 2.23. The number of methoxy groups -OCH3 is 1. The number of para-hydroxylation sites is 1. The molecule has 0 saturated carbocycles. The van der Waals surface area contributed by atoms with Crippen LogP contribution in [0.15, 0.2) is 34.7 Å². The van der Waals surface area contributed by atoms with Crippen LogP contribution in [0.25, 0.3) is 0 Å². The molecule has 19 heavy (non-hydrogen) atoms. The zero-order valence-electron chi connectivity index (χ0n) is 9.82. The molecule has 0 aliphatic rings. The third-order valence-electron chi connectivity index (χ3n) is 2.23. The zero-order valence-corrected chi connectivity index (χ0v) is 11.5. The van der Waals surface area contributed by atoms with Crippen LogP contribution >= 0.6 is 11.3 Å². The van der Waals surface area contributed by atoms with Crippen molar-refractivity contribution >= 4 is 33.5 Å². The van der Waals surface area contributed by atoms with Crippen molar-refractivity contribution in [2.45, 2.75) is 4.21 Å². The lowest BCUT2D eigenvalue weighted by Crippen LogP contribution is -2.12. The van der Waals surface area contributed by atoms with Crippen LogP contribution in [0.2, 0.25) is 0 Å². The molecule has 1 heterocycles. The number of nitrogens with one attached hydrogen (secondary N) is 1. The molecule has 1 aromatic carbocycles. The first-order valence-corrected chi connectivity index (χ1v) is 7.05. The van der Waals surface area contributed by atoms with Crippen LogP contribution in [0, 0.1) is 0 Å². The minimum Gasteiger partial charge on any atom is -0.496 e. The lowest BCUT2D eigenvalue weighted by Gasteiger charge is -2.06. The van der Waals surface area contributed by atoms with Gasteiger partial charge in [-0.2, -0.15) is 0 Å². The highest BCUT2D eigenvalue weighted by atomic mass is 32.2. The molecule has 6 nitrogen and oxygen atoms in total. The van der Waals surface area contributed by atoms with Gasteiger partial charge in [-0.3, -0.25) is 10.1 Å². The van der Waals surface area contributed by atoms with Crippen LogP contribution in [-0.4, -0.2) is 26.8 Å². The van der Waals surface area contributed by atoms with Gasteiger partial charge < -0.3 is 9.29 Å². The highest BCUT2D eigenvalue weighted by Gasteiger charge is 2.14. The highest BCUT2D eigenvalue weighted by molar-refractivity contribution is 7.81. The van der Waals surface area contributed by atoms with Gasteiger partial charge in [0.1, 0.15) is 9.96 Å². The minimum absolute atomic E-state index is 0.176. The molecule has 0 aliphatic carbocycles. The van der Waals surface area contributed by atoms with E-state index in [1.54, 1.807) is 24.3 Å². The number of rotatable bonds is 4. The Hall–Kier alpha value is -1.77. The van der Waals surface area contributed by atoms with Crippen molar-refractivity contribution in [1.29, 1.82) is 0 Å². The molecule has 1 unspecified atom stereocenters. The topological polar surface area (TPSA) is 88.5 Å². The van der Waals surface area contributed by atoms with Gasteiger partial charge >= 0.3 is 0 Å². The predicted molar refractivity (Wildman–Crippen MR) is 72.1 cm³/mol. The molecule has 0 aliphatic heterocycles. The second-order valence-electron chi connectivity index (χ2n) is 3.39. The van der Waals surface area contributed by atoms with E-state index in [-0.39, 0.29) is 15.2 Å². The summed E-state index contributed by atoms with van der Waals surface area (Å²) in [6.07, 6.45) is 1.25. The van der Waals surface area contributed by atoms with E-state index in [1.165, 1.54) is 13.3 Å². The summed E-state index contributed by atoms with van der Waals surface area (Å²) in [5, 5.41) is 2.81. The molecule has 0 fully saturated rings. The van der Waals surface area contributed by atoms with Crippen LogP contribution in [0.1, 0.15) is 10.4 Å². The van der Waals surface area contributed by atoms with Crippen molar-refractivity contribution in [1.82, 2.24) is 4.98 Å². The first-order valence-electron chi connectivity index (χ1n) is 5.13. The number of hydrogen-bond donors (Lipinski definition) is 2. The summed E-state index contributed by atoms with van der Waals surface area (Å²) in [6, 6.07) is 6.76. The maximum Gasteiger partial charge on any atom is 0.261 e. The Morgan fingerprint density at radius 2 is 2.21 bits per heavy atom. The largest absolute Gasteiger partial charge is 0.496 e. The number of amides is 1. The first-order chi connectivity index (χ1) is 9.11. The molecule has 8 heteroatoms. The number of aromatic nitrogens is 1. The molecule has 2 rings (SSSR count). The molecular weight excluding hydrogens is 288 g/mol. The summed E-state index contributed by atoms with van der Waals surface area (Å²) >= 11 is -1.15. The SMILES string of the molecule is COc1ccccc1C(=O)Nc1ncc(S(=O)O)s1. The van der Waals surface area contributed by atoms with Crippen molar-refractivity contribution in [3.63, 3.8) is 0 Å². The van der Waals surface area contributed by atoms with Crippen LogP contribution in [0.3, 0.4) is 0 Å². The molecule has 1 aromatic heterocycles. The summed E-state index contributed by atoms with van der Waals surface area (Å²) in [5.41, 5.74) is 0.367. The summed E-state index contributed by atoms with van der Waals surface area (Å²) in [6.45, 7) is 0. The number of hydrogen-bond acceptors (Lipinski definition) is 5. The van der Waals surface area contributed by atoms with E-state index in [1.807, 2.05) is 0 Å². The van der Waals surface area contributed by atoms with Gasteiger partial charge in [-0.05, 0) is 12.1 Å². The number of anilines is 1. The fourth-order valence-corrected chi connectivity index (χ4v) is 2.60.